The molecular weight excluding hydrogens is 405 g/mol. The quantitative estimate of drug-likeness (QED) is 0.401. The Bertz CT molecular complexity index is 804. The lowest BCUT2D eigenvalue weighted by atomic mass is 9.63. The second-order valence-corrected chi connectivity index (χ2v) is 9.55. The smallest absolute Gasteiger partial charge is 0.200 e. The zero-order chi connectivity index (χ0) is 22.0. The number of carbonyl (C=O) groups excluding carboxylic acids is 2. The molecule has 0 N–H and O–H groups in total. The van der Waals surface area contributed by atoms with Crippen molar-refractivity contribution in [2.75, 3.05) is 13.3 Å². The lowest BCUT2D eigenvalue weighted by molar-refractivity contribution is -0.138. The van der Waals surface area contributed by atoms with Crippen LogP contribution in [0.4, 0.5) is 13.2 Å². The van der Waals surface area contributed by atoms with Crippen LogP contribution in [0.3, 0.4) is 0 Å². The van der Waals surface area contributed by atoms with Crippen molar-refractivity contribution >= 4 is 11.6 Å². The Morgan fingerprint density at radius 3 is 2.10 bits per heavy atom. The Hall–Kier alpha value is -1.85. The van der Waals surface area contributed by atoms with Gasteiger partial charge in [0.2, 0.25) is 5.82 Å². The number of benzene rings is 1. The normalized spacial score (nSPS) is 26.5. The van der Waals surface area contributed by atoms with E-state index in [2.05, 4.69) is 0 Å². The summed E-state index contributed by atoms with van der Waals surface area (Å²) in [4.78, 5) is 24.6. The summed E-state index contributed by atoms with van der Waals surface area (Å²) in [5.41, 5.74) is -0.277. The average Bonchev–Trinajstić information content (AvgIpc) is 3.06. The predicted molar refractivity (Wildman–Crippen MR) is 111 cm³/mol. The summed E-state index contributed by atoms with van der Waals surface area (Å²) in [5, 5.41) is 0. The molecule has 0 aliphatic heterocycles. The molecule has 1 aromatic carbocycles. The fraction of sp³-hybridized carbons (Fsp3) is 0.680. The van der Waals surface area contributed by atoms with Crippen molar-refractivity contribution in [1.29, 1.82) is 0 Å². The fourth-order valence-electron chi connectivity index (χ4n) is 6.13. The largest absolute Gasteiger partial charge is 0.490 e. The standard InChI is InChI=1S/C25H31F3O3/c26-14-1-15-31-20-7-6-19(23(27)24(20)28)18-4-2-16(3-5-18)17-10-12-25(13-11-17)21(29)8-9-22(25)30/h6-7,16-18H,1-5,8-15H2. The molecule has 3 fully saturated rings. The van der Waals surface area contributed by atoms with Crippen molar-refractivity contribution in [3.63, 3.8) is 0 Å². The van der Waals surface area contributed by atoms with Crippen LogP contribution in [0.1, 0.15) is 82.1 Å². The molecule has 0 heterocycles. The highest BCUT2D eigenvalue weighted by Crippen LogP contribution is 2.50. The molecule has 4 rings (SSSR count). The summed E-state index contributed by atoms with van der Waals surface area (Å²) < 4.78 is 46.4. The Labute approximate surface area is 181 Å². The molecule has 3 nitrogen and oxygen atoms in total. The third-order valence-electron chi connectivity index (χ3n) is 8.02. The van der Waals surface area contributed by atoms with Crippen molar-refractivity contribution in [2.24, 2.45) is 17.3 Å². The third kappa shape index (κ3) is 4.27. The van der Waals surface area contributed by atoms with Gasteiger partial charge in [-0.3, -0.25) is 14.0 Å². The highest BCUT2D eigenvalue weighted by atomic mass is 19.2. The van der Waals surface area contributed by atoms with E-state index < -0.39 is 23.7 Å². The summed E-state index contributed by atoms with van der Waals surface area (Å²) >= 11 is 0. The van der Waals surface area contributed by atoms with E-state index >= 15 is 0 Å². The topological polar surface area (TPSA) is 43.4 Å². The highest BCUT2D eigenvalue weighted by molar-refractivity contribution is 6.12. The van der Waals surface area contributed by atoms with Gasteiger partial charge in [-0.1, -0.05) is 6.07 Å². The maximum atomic E-state index is 14.7. The van der Waals surface area contributed by atoms with Crippen molar-refractivity contribution < 1.29 is 27.5 Å². The minimum atomic E-state index is -0.984. The third-order valence-corrected chi connectivity index (χ3v) is 8.02. The van der Waals surface area contributed by atoms with Gasteiger partial charge in [0.15, 0.2) is 11.6 Å². The van der Waals surface area contributed by atoms with Crippen LogP contribution >= 0.6 is 0 Å². The number of hydrogen-bond acceptors (Lipinski definition) is 3. The molecule has 0 bridgehead atoms. The van der Waals surface area contributed by atoms with E-state index in [-0.39, 0.29) is 36.3 Å². The molecule has 31 heavy (non-hydrogen) atoms. The monoisotopic (exact) mass is 436 g/mol. The molecule has 0 aromatic heterocycles. The maximum Gasteiger partial charge on any atom is 0.200 e. The lowest BCUT2D eigenvalue weighted by Gasteiger charge is -2.40. The van der Waals surface area contributed by atoms with Gasteiger partial charge in [0.05, 0.1) is 18.7 Å². The highest BCUT2D eigenvalue weighted by Gasteiger charge is 2.51. The van der Waals surface area contributed by atoms with E-state index in [4.69, 9.17) is 4.74 Å². The minimum absolute atomic E-state index is 0.0152. The molecule has 0 radical (unpaired) electrons. The molecule has 0 saturated heterocycles. The number of ketones is 2. The van der Waals surface area contributed by atoms with E-state index in [9.17, 15) is 22.8 Å². The van der Waals surface area contributed by atoms with Gasteiger partial charge in [-0.2, -0.15) is 4.39 Å². The number of Topliss-reactive ketones (excluding diaryl/α,β-unsaturated/α-hetero) is 2. The molecule has 6 heteroatoms. The Morgan fingerprint density at radius 1 is 0.871 bits per heavy atom. The van der Waals surface area contributed by atoms with E-state index in [0.29, 0.717) is 43.1 Å². The van der Waals surface area contributed by atoms with Crippen LogP contribution in [-0.4, -0.2) is 24.8 Å². The molecule has 1 spiro atoms. The van der Waals surface area contributed by atoms with Crippen molar-refractivity contribution in [2.45, 2.75) is 76.5 Å². The van der Waals surface area contributed by atoms with E-state index in [1.54, 1.807) is 6.07 Å². The Balaban J connectivity index is 1.33. The molecular formula is C25H31F3O3. The molecule has 1 aromatic rings. The van der Waals surface area contributed by atoms with Crippen molar-refractivity contribution in [1.82, 2.24) is 0 Å². The average molecular weight is 437 g/mol. The summed E-state index contributed by atoms with van der Waals surface area (Å²) in [5.74, 6) is -0.671. The minimum Gasteiger partial charge on any atom is -0.490 e. The van der Waals surface area contributed by atoms with Crippen LogP contribution in [0.25, 0.3) is 0 Å². The molecule has 3 aliphatic carbocycles. The second kappa shape index (κ2) is 9.33. The van der Waals surface area contributed by atoms with Crippen LogP contribution in [0.15, 0.2) is 12.1 Å². The maximum absolute atomic E-state index is 14.7. The fourth-order valence-corrected chi connectivity index (χ4v) is 6.13. The first-order chi connectivity index (χ1) is 15.0. The molecule has 3 aliphatic rings. The first-order valence-electron chi connectivity index (χ1n) is 11.7. The summed E-state index contributed by atoms with van der Waals surface area (Å²) in [7, 11) is 0. The van der Waals surface area contributed by atoms with Gasteiger partial charge in [0.1, 0.15) is 11.6 Å². The van der Waals surface area contributed by atoms with Gasteiger partial charge in [-0.15, -0.1) is 0 Å². The van der Waals surface area contributed by atoms with Gasteiger partial charge < -0.3 is 4.74 Å². The molecule has 0 unspecified atom stereocenters. The van der Waals surface area contributed by atoms with Gasteiger partial charge >= 0.3 is 0 Å². The lowest BCUT2D eigenvalue weighted by Crippen LogP contribution is -2.38. The van der Waals surface area contributed by atoms with Crippen LogP contribution in [0, 0.1) is 28.9 Å². The molecule has 0 amide bonds. The van der Waals surface area contributed by atoms with E-state index in [1.165, 1.54) is 6.07 Å². The van der Waals surface area contributed by atoms with E-state index in [0.717, 1.165) is 38.5 Å². The van der Waals surface area contributed by atoms with Gasteiger partial charge in [0.25, 0.3) is 0 Å². The number of rotatable bonds is 6. The van der Waals surface area contributed by atoms with E-state index in [1.807, 2.05) is 0 Å². The Kier molecular flexibility index (Phi) is 6.73. The van der Waals surface area contributed by atoms with Gasteiger partial charge in [-0.25, -0.2) is 4.39 Å². The number of halogens is 3. The SMILES string of the molecule is O=C1CCC(=O)C12CCC(C1CCC(c3ccc(OCCCF)c(F)c3F)CC1)CC2. The number of carbonyl (C=O) groups is 2. The van der Waals surface area contributed by atoms with Crippen LogP contribution in [-0.2, 0) is 9.59 Å². The zero-order valence-corrected chi connectivity index (χ0v) is 17.9. The summed E-state index contributed by atoms with van der Waals surface area (Å²) in [6.45, 7) is -0.531. The zero-order valence-electron chi connectivity index (χ0n) is 17.9. The number of hydrogen-bond donors (Lipinski definition) is 0. The summed E-state index contributed by atoms with van der Waals surface area (Å²) in [6, 6.07) is 3.06. The number of ether oxygens (including phenoxy) is 1. The first-order valence-corrected chi connectivity index (χ1v) is 11.7. The van der Waals surface area contributed by atoms with Crippen LogP contribution < -0.4 is 4.74 Å². The van der Waals surface area contributed by atoms with Gasteiger partial charge in [0, 0.05) is 19.3 Å². The molecule has 170 valence electrons. The van der Waals surface area contributed by atoms with Crippen LogP contribution in [0.2, 0.25) is 0 Å². The van der Waals surface area contributed by atoms with Crippen LogP contribution in [0.5, 0.6) is 5.75 Å². The predicted octanol–water partition coefficient (Wildman–Crippen LogP) is 6.09. The van der Waals surface area contributed by atoms with Crippen molar-refractivity contribution in [3.05, 3.63) is 29.3 Å². The van der Waals surface area contributed by atoms with Crippen molar-refractivity contribution in [3.8, 4) is 5.75 Å². The summed E-state index contributed by atoms with van der Waals surface area (Å²) in [6.07, 6.45) is 7.73. The first kappa shape index (κ1) is 22.3. The Morgan fingerprint density at radius 2 is 1.48 bits per heavy atom. The second-order valence-electron chi connectivity index (χ2n) is 9.55. The molecule has 0 atom stereocenters. The van der Waals surface area contributed by atoms with Gasteiger partial charge in [-0.05, 0) is 80.8 Å². The number of alkyl halides is 1. The molecule has 3 saturated carbocycles.